The minimum Gasteiger partial charge on any atom is -0.493 e. The lowest BCUT2D eigenvalue weighted by Crippen LogP contribution is -2.30. The molecule has 6 nitrogen and oxygen atoms in total. The number of rotatable bonds is 5. The van der Waals surface area contributed by atoms with Gasteiger partial charge in [0.15, 0.2) is 17.3 Å². The number of benzene rings is 1. The summed E-state index contributed by atoms with van der Waals surface area (Å²) in [5.74, 6) is 2.18. The molecule has 1 fully saturated rings. The molecule has 6 heteroatoms. The monoisotopic (exact) mass is 344 g/mol. The highest BCUT2D eigenvalue weighted by atomic mass is 16.5. The van der Waals surface area contributed by atoms with E-state index in [0.717, 1.165) is 24.3 Å². The number of aromatic nitrogens is 1. The van der Waals surface area contributed by atoms with Crippen LogP contribution in [0, 0.1) is 0 Å². The van der Waals surface area contributed by atoms with Crippen LogP contribution in [0.15, 0.2) is 28.8 Å². The second-order valence-corrected chi connectivity index (χ2v) is 6.54. The summed E-state index contributed by atoms with van der Waals surface area (Å²) in [6, 6.07) is 7.13. The van der Waals surface area contributed by atoms with E-state index in [0.29, 0.717) is 29.5 Å². The molecule has 0 saturated carbocycles. The first-order chi connectivity index (χ1) is 12.0. The van der Waals surface area contributed by atoms with Crippen molar-refractivity contribution in [3.8, 4) is 11.5 Å². The molecule has 134 valence electrons. The predicted octanol–water partition coefficient (Wildman–Crippen LogP) is 3.79. The third-order valence-corrected chi connectivity index (χ3v) is 4.61. The van der Waals surface area contributed by atoms with Gasteiger partial charge >= 0.3 is 0 Å². The van der Waals surface area contributed by atoms with E-state index in [2.05, 4.69) is 19.0 Å². The topological polar surface area (TPSA) is 64.8 Å². The van der Waals surface area contributed by atoms with Crippen LogP contribution in [-0.4, -0.2) is 36.7 Å². The standard InChI is InChI=1S/C19H24N2O4/c1-12(2)14-11-17(25-20-14)15-6-5-9-21(15)19(22)13-7-8-16(23-3)18(10-13)24-4/h7-8,10-12,15H,5-6,9H2,1-4H3/t15-/m0/s1. The van der Waals surface area contributed by atoms with E-state index in [1.54, 1.807) is 32.4 Å². The van der Waals surface area contributed by atoms with Crippen LogP contribution in [0.25, 0.3) is 0 Å². The van der Waals surface area contributed by atoms with Crippen LogP contribution in [-0.2, 0) is 0 Å². The van der Waals surface area contributed by atoms with Gasteiger partial charge in [-0.05, 0) is 37.0 Å². The molecule has 3 rings (SSSR count). The van der Waals surface area contributed by atoms with Crippen molar-refractivity contribution < 1.29 is 18.8 Å². The quantitative estimate of drug-likeness (QED) is 0.825. The molecule has 1 amide bonds. The minimum absolute atomic E-state index is 0.0362. The number of hydrogen-bond donors (Lipinski definition) is 0. The molecule has 2 aromatic rings. The lowest BCUT2D eigenvalue weighted by atomic mass is 10.1. The molecule has 2 heterocycles. The summed E-state index contributed by atoms with van der Waals surface area (Å²) in [7, 11) is 3.14. The Labute approximate surface area is 147 Å². The van der Waals surface area contributed by atoms with Gasteiger partial charge in [0.25, 0.3) is 5.91 Å². The first-order valence-electron chi connectivity index (χ1n) is 8.54. The molecule has 1 saturated heterocycles. The van der Waals surface area contributed by atoms with Crippen molar-refractivity contribution in [3.63, 3.8) is 0 Å². The van der Waals surface area contributed by atoms with E-state index >= 15 is 0 Å². The summed E-state index contributed by atoms with van der Waals surface area (Å²) in [6.07, 6.45) is 1.83. The van der Waals surface area contributed by atoms with Gasteiger partial charge in [0.05, 0.1) is 26.0 Å². The summed E-state index contributed by atoms with van der Waals surface area (Å²) < 4.78 is 16.1. The lowest BCUT2D eigenvalue weighted by Gasteiger charge is -2.23. The van der Waals surface area contributed by atoms with Crippen LogP contribution < -0.4 is 9.47 Å². The normalized spacial score (nSPS) is 17.2. The SMILES string of the molecule is COc1ccc(C(=O)N2CCC[C@H]2c2cc(C(C)C)no2)cc1OC. The van der Waals surface area contributed by atoms with Gasteiger partial charge in [-0.2, -0.15) is 0 Å². The summed E-state index contributed by atoms with van der Waals surface area (Å²) in [6.45, 7) is 4.85. The van der Waals surface area contributed by atoms with Gasteiger partial charge in [-0.15, -0.1) is 0 Å². The molecule has 0 spiro atoms. The van der Waals surface area contributed by atoms with Gasteiger partial charge < -0.3 is 18.9 Å². The third-order valence-electron chi connectivity index (χ3n) is 4.61. The van der Waals surface area contributed by atoms with Crippen LogP contribution in [0.2, 0.25) is 0 Å². The molecule has 1 aliphatic rings. The van der Waals surface area contributed by atoms with Gasteiger partial charge in [0.1, 0.15) is 0 Å². The summed E-state index contributed by atoms with van der Waals surface area (Å²) >= 11 is 0. The fourth-order valence-corrected chi connectivity index (χ4v) is 3.17. The highest BCUT2D eigenvalue weighted by Crippen LogP contribution is 2.35. The maximum atomic E-state index is 13.0. The van der Waals surface area contributed by atoms with Crippen molar-refractivity contribution in [2.45, 2.75) is 38.6 Å². The van der Waals surface area contributed by atoms with E-state index in [1.807, 2.05) is 11.0 Å². The second-order valence-electron chi connectivity index (χ2n) is 6.54. The summed E-state index contributed by atoms with van der Waals surface area (Å²) in [5.41, 5.74) is 1.49. The molecule has 1 aromatic heterocycles. The van der Waals surface area contributed by atoms with Gasteiger partial charge in [0.2, 0.25) is 0 Å². The van der Waals surface area contributed by atoms with Crippen LogP contribution in [0.3, 0.4) is 0 Å². The van der Waals surface area contributed by atoms with Crippen LogP contribution in [0.1, 0.15) is 60.5 Å². The Balaban J connectivity index is 1.85. The summed E-state index contributed by atoms with van der Waals surface area (Å²) in [4.78, 5) is 14.9. The lowest BCUT2D eigenvalue weighted by molar-refractivity contribution is 0.0714. The number of nitrogens with zero attached hydrogens (tertiary/aromatic N) is 2. The van der Waals surface area contributed by atoms with Crippen molar-refractivity contribution in [1.82, 2.24) is 10.1 Å². The largest absolute Gasteiger partial charge is 0.493 e. The summed E-state index contributed by atoms with van der Waals surface area (Å²) in [5, 5.41) is 4.13. The van der Waals surface area contributed by atoms with E-state index in [-0.39, 0.29) is 11.9 Å². The number of methoxy groups -OCH3 is 2. The Hall–Kier alpha value is -2.50. The average molecular weight is 344 g/mol. The van der Waals surface area contributed by atoms with E-state index in [9.17, 15) is 4.79 Å². The van der Waals surface area contributed by atoms with Crippen LogP contribution in [0.4, 0.5) is 0 Å². The van der Waals surface area contributed by atoms with Crippen molar-refractivity contribution in [1.29, 1.82) is 0 Å². The Morgan fingerprint density at radius 2 is 2.00 bits per heavy atom. The van der Waals surface area contributed by atoms with Gasteiger partial charge in [0, 0.05) is 18.2 Å². The average Bonchev–Trinajstić information content (AvgIpc) is 3.29. The molecular weight excluding hydrogens is 320 g/mol. The number of hydrogen-bond acceptors (Lipinski definition) is 5. The fourth-order valence-electron chi connectivity index (χ4n) is 3.17. The van der Waals surface area contributed by atoms with E-state index in [1.165, 1.54) is 0 Å². The molecule has 25 heavy (non-hydrogen) atoms. The fraction of sp³-hybridized carbons (Fsp3) is 0.474. The van der Waals surface area contributed by atoms with Crippen molar-refractivity contribution in [3.05, 3.63) is 41.3 Å². The molecule has 0 unspecified atom stereocenters. The molecule has 0 bridgehead atoms. The molecule has 1 aliphatic heterocycles. The molecule has 0 N–H and O–H groups in total. The zero-order valence-electron chi connectivity index (χ0n) is 15.1. The van der Waals surface area contributed by atoms with Crippen molar-refractivity contribution in [2.75, 3.05) is 20.8 Å². The third kappa shape index (κ3) is 3.34. The number of ether oxygens (including phenoxy) is 2. The maximum Gasteiger partial charge on any atom is 0.254 e. The zero-order chi connectivity index (χ0) is 18.0. The van der Waals surface area contributed by atoms with Crippen molar-refractivity contribution >= 4 is 5.91 Å². The van der Waals surface area contributed by atoms with E-state index < -0.39 is 0 Å². The molecule has 0 radical (unpaired) electrons. The van der Waals surface area contributed by atoms with Gasteiger partial charge in [-0.25, -0.2) is 0 Å². The number of carbonyl (C=O) groups excluding carboxylic acids is 1. The second kappa shape index (κ2) is 7.17. The Morgan fingerprint density at radius 1 is 1.24 bits per heavy atom. The van der Waals surface area contributed by atoms with Gasteiger partial charge in [-0.3, -0.25) is 4.79 Å². The first kappa shape index (κ1) is 17.3. The number of amides is 1. The highest BCUT2D eigenvalue weighted by Gasteiger charge is 2.33. The Kier molecular flexibility index (Phi) is 4.97. The number of likely N-dealkylation sites (tertiary alicyclic amines) is 1. The zero-order valence-corrected chi connectivity index (χ0v) is 15.1. The highest BCUT2D eigenvalue weighted by molar-refractivity contribution is 5.95. The predicted molar refractivity (Wildman–Crippen MR) is 93.1 cm³/mol. The smallest absolute Gasteiger partial charge is 0.254 e. The van der Waals surface area contributed by atoms with E-state index in [4.69, 9.17) is 14.0 Å². The van der Waals surface area contributed by atoms with Crippen molar-refractivity contribution in [2.24, 2.45) is 0 Å². The Morgan fingerprint density at radius 3 is 2.64 bits per heavy atom. The number of carbonyl (C=O) groups is 1. The minimum atomic E-state index is -0.0689. The first-order valence-corrected chi connectivity index (χ1v) is 8.54. The van der Waals surface area contributed by atoms with Gasteiger partial charge in [-0.1, -0.05) is 19.0 Å². The Bertz CT molecular complexity index is 754. The van der Waals surface area contributed by atoms with Crippen LogP contribution in [0.5, 0.6) is 11.5 Å². The molecule has 1 atom stereocenters. The molecule has 1 aromatic carbocycles. The molecular formula is C19H24N2O4. The maximum absolute atomic E-state index is 13.0. The molecule has 0 aliphatic carbocycles. The van der Waals surface area contributed by atoms with Crippen LogP contribution >= 0.6 is 0 Å².